The van der Waals surface area contributed by atoms with E-state index in [9.17, 15) is 0 Å². The molecule has 0 amide bonds. The molecule has 0 saturated carbocycles. The highest BCUT2D eigenvalue weighted by atomic mass is 35.5. The van der Waals surface area contributed by atoms with Crippen LogP contribution in [0.2, 0.25) is 5.02 Å². The Kier molecular flexibility index (Phi) is 2.14. The summed E-state index contributed by atoms with van der Waals surface area (Å²) in [6.45, 7) is 0. The Hall–Kier alpha value is -1.53. The van der Waals surface area contributed by atoms with E-state index in [0.717, 1.165) is 0 Å². The van der Waals surface area contributed by atoms with Gasteiger partial charge in [-0.25, -0.2) is 4.63 Å². The van der Waals surface area contributed by atoms with Crippen LogP contribution in [0, 0.1) is 0 Å². The normalized spacial score (nSPS) is 10.5. The maximum Gasteiger partial charge on any atom is 0.164 e. The molecule has 2 aromatic rings. The number of nitrogens with zero attached hydrogens (tertiary/aromatic N) is 2. The number of nitrogens with one attached hydrogen (secondary N) is 2. The van der Waals surface area contributed by atoms with Crippen molar-refractivity contribution in [3.8, 4) is 0 Å². The molecule has 1 aromatic carbocycles. The number of hydrogen-bond donors (Lipinski definition) is 3. The molecule has 0 aliphatic heterocycles. The van der Waals surface area contributed by atoms with Crippen molar-refractivity contribution in [1.29, 1.82) is 0 Å². The quantitative estimate of drug-likeness (QED) is 0.661. The molecule has 0 radical (unpaired) electrons. The summed E-state index contributed by atoms with van der Waals surface area (Å²) in [5.41, 5.74) is 3.80. The molecule has 14 heavy (non-hydrogen) atoms. The molecule has 0 aliphatic rings. The first-order chi connectivity index (χ1) is 6.77. The van der Waals surface area contributed by atoms with Gasteiger partial charge < -0.3 is 5.32 Å². The van der Waals surface area contributed by atoms with Gasteiger partial charge in [-0.15, -0.1) is 0 Å². The molecule has 0 saturated heterocycles. The van der Waals surface area contributed by atoms with Crippen molar-refractivity contribution in [2.45, 2.75) is 0 Å². The molecule has 0 bridgehead atoms. The predicted octanol–water partition coefficient (Wildman–Crippen LogP) is 1.72. The van der Waals surface area contributed by atoms with Crippen LogP contribution < -0.4 is 10.8 Å². The molecule has 0 fully saturated rings. The van der Waals surface area contributed by atoms with Crippen molar-refractivity contribution >= 4 is 34.0 Å². The SMILES string of the molecule is CNc1cc(Cl)c2nonc2c1NO. The third kappa shape index (κ3) is 1.16. The van der Waals surface area contributed by atoms with Gasteiger partial charge in [-0.3, -0.25) is 10.7 Å². The molecular formula is C7H7ClN4O2. The van der Waals surface area contributed by atoms with E-state index < -0.39 is 0 Å². The van der Waals surface area contributed by atoms with Gasteiger partial charge in [0.15, 0.2) is 11.0 Å². The van der Waals surface area contributed by atoms with Crippen molar-refractivity contribution in [2.24, 2.45) is 0 Å². The molecule has 2 rings (SSSR count). The second kappa shape index (κ2) is 3.32. The largest absolute Gasteiger partial charge is 0.386 e. The van der Waals surface area contributed by atoms with Crippen molar-refractivity contribution in [2.75, 3.05) is 17.8 Å². The number of hydrogen-bond acceptors (Lipinski definition) is 6. The Morgan fingerprint density at radius 2 is 2.14 bits per heavy atom. The number of aromatic nitrogens is 2. The second-order valence-corrected chi connectivity index (χ2v) is 3.01. The van der Waals surface area contributed by atoms with E-state index in [2.05, 4.69) is 20.3 Å². The first kappa shape index (κ1) is 9.04. The van der Waals surface area contributed by atoms with E-state index in [4.69, 9.17) is 16.8 Å². The van der Waals surface area contributed by atoms with Gasteiger partial charge >= 0.3 is 0 Å². The topological polar surface area (TPSA) is 83.2 Å². The lowest BCUT2D eigenvalue weighted by molar-refractivity contribution is 0.315. The Balaban J connectivity index is 2.82. The number of fused-ring (bicyclic) bond motifs is 1. The second-order valence-electron chi connectivity index (χ2n) is 2.60. The van der Waals surface area contributed by atoms with E-state index in [1.54, 1.807) is 13.1 Å². The molecule has 0 spiro atoms. The van der Waals surface area contributed by atoms with Gasteiger partial charge in [0.05, 0.1) is 10.7 Å². The maximum absolute atomic E-state index is 8.91. The number of anilines is 2. The molecule has 7 heteroatoms. The average Bonchev–Trinajstić information content (AvgIpc) is 2.66. The molecule has 6 nitrogen and oxygen atoms in total. The summed E-state index contributed by atoms with van der Waals surface area (Å²) in [4.78, 5) is 0. The molecule has 3 N–H and O–H groups in total. The van der Waals surface area contributed by atoms with Crippen LogP contribution in [0.3, 0.4) is 0 Å². The lowest BCUT2D eigenvalue weighted by atomic mass is 10.2. The highest BCUT2D eigenvalue weighted by molar-refractivity contribution is 6.35. The van der Waals surface area contributed by atoms with Crippen LogP contribution in [-0.2, 0) is 0 Å². The fourth-order valence-electron chi connectivity index (χ4n) is 1.21. The highest BCUT2D eigenvalue weighted by Crippen LogP contribution is 2.33. The lowest BCUT2D eigenvalue weighted by Crippen LogP contribution is -1.98. The predicted molar refractivity (Wildman–Crippen MR) is 51.8 cm³/mol. The Labute approximate surface area is 83.8 Å². The van der Waals surface area contributed by atoms with Gasteiger partial charge in [0.25, 0.3) is 0 Å². The molecule has 1 aromatic heterocycles. The summed E-state index contributed by atoms with van der Waals surface area (Å²) in [6, 6.07) is 1.62. The Bertz CT molecular complexity index is 470. The van der Waals surface area contributed by atoms with Gasteiger partial charge in [-0.2, -0.15) is 0 Å². The number of halogens is 1. The zero-order chi connectivity index (χ0) is 10.1. The smallest absolute Gasteiger partial charge is 0.164 e. The van der Waals surface area contributed by atoms with Crippen molar-refractivity contribution in [3.63, 3.8) is 0 Å². The van der Waals surface area contributed by atoms with Crippen LogP contribution in [0.4, 0.5) is 11.4 Å². The van der Waals surface area contributed by atoms with E-state index in [1.165, 1.54) is 0 Å². The fourth-order valence-corrected chi connectivity index (χ4v) is 1.45. The molecular weight excluding hydrogens is 208 g/mol. The fraction of sp³-hybridized carbons (Fsp3) is 0.143. The van der Waals surface area contributed by atoms with Crippen molar-refractivity contribution < 1.29 is 9.84 Å². The third-order valence-electron chi connectivity index (χ3n) is 1.87. The summed E-state index contributed by atoms with van der Waals surface area (Å²) in [5.74, 6) is 0. The minimum absolute atomic E-state index is 0.379. The summed E-state index contributed by atoms with van der Waals surface area (Å²) < 4.78 is 4.52. The van der Waals surface area contributed by atoms with Crippen LogP contribution >= 0.6 is 11.6 Å². The summed E-state index contributed by atoms with van der Waals surface area (Å²) in [7, 11) is 1.70. The minimum Gasteiger partial charge on any atom is -0.386 e. The molecule has 1 heterocycles. The van der Waals surface area contributed by atoms with Crippen LogP contribution in [0.25, 0.3) is 11.0 Å². The van der Waals surface area contributed by atoms with Crippen LogP contribution in [0.15, 0.2) is 10.7 Å². The van der Waals surface area contributed by atoms with Crippen LogP contribution in [0.5, 0.6) is 0 Å². The van der Waals surface area contributed by atoms with E-state index in [1.807, 2.05) is 5.48 Å². The van der Waals surface area contributed by atoms with E-state index >= 15 is 0 Å². The van der Waals surface area contributed by atoms with Gasteiger partial charge in [-0.05, 0) is 16.4 Å². The molecule has 0 atom stereocenters. The van der Waals surface area contributed by atoms with E-state index in [0.29, 0.717) is 27.4 Å². The zero-order valence-corrected chi connectivity index (χ0v) is 7.96. The maximum atomic E-state index is 8.91. The summed E-state index contributed by atoms with van der Waals surface area (Å²) in [5, 5.41) is 19.4. The van der Waals surface area contributed by atoms with Crippen molar-refractivity contribution in [1.82, 2.24) is 10.3 Å². The molecule has 0 aliphatic carbocycles. The van der Waals surface area contributed by atoms with Crippen molar-refractivity contribution in [3.05, 3.63) is 11.1 Å². The first-order valence-corrected chi connectivity index (χ1v) is 4.18. The van der Waals surface area contributed by atoms with E-state index in [-0.39, 0.29) is 0 Å². The average molecular weight is 215 g/mol. The zero-order valence-electron chi connectivity index (χ0n) is 7.21. The van der Waals surface area contributed by atoms with Gasteiger partial charge in [0.2, 0.25) is 0 Å². The molecule has 0 unspecified atom stereocenters. The molecule has 74 valence electrons. The third-order valence-corrected chi connectivity index (χ3v) is 2.16. The standard InChI is InChI=1S/C7H7ClN4O2/c1-9-4-2-3(8)5-7(6(4)10-13)12-14-11-5/h2,9-10,13H,1H3. The summed E-state index contributed by atoms with van der Waals surface area (Å²) >= 11 is 5.90. The number of benzene rings is 1. The number of rotatable bonds is 2. The van der Waals surface area contributed by atoms with Crippen LogP contribution in [-0.4, -0.2) is 22.6 Å². The Morgan fingerprint density at radius 3 is 2.79 bits per heavy atom. The lowest BCUT2D eigenvalue weighted by Gasteiger charge is -2.07. The monoisotopic (exact) mass is 214 g/mol. The van der Waals surface area contributed by atoms with Gasteiger partial charge in [-0.1, -0.05) is 11.6 Å². The highest BCUT2D eigenvalue weighted by Gasteiger charge is 2.14. The first-order valence-electron chi connectivity index (χ1n) is 3.80. The van der Waals surface area contributed by atoms with Crippen LogP contribution in [0.1, 0.15) is 0 Å². The summed E-state index contributed by atoms with van der Waals surface area (Å²) in [6.07, 6.45) is 0. The van der Waals surface area contributed by atoms with Gasteiger partial charge in [0.1, 0.15) is 5.69 Å². The van der Waals surface area contributed by atoms with Gasteiger partial charge in [0, 0.05) is 7.05 Å². The minimum atomic E-state index is 0.379. The Morgan fingerprint density at radius 1 is 1.43 bits per heavy atom.